The van der Waals surface area contributed by atoms with Crippen LogP contribution in [0.3, 0.4) is 0 Å². The smallest absolute Gasteiger partial charge is 0.293 e. The predicted molar refractivity (Wildman–Crippen MR) is 68.9 cm³/mol. The number of hydrogen-bond acceptors (Lipinski definition) is 3. The number of aryl methyl sites for hydroxylation is 2. The monoisotopic (exact) mass is 263 g/mol. The van der Waals surface area contributed by atoms with Gasteiger partial charge in [-0.15, -0.1) is 0 Å². The van der Waals surface area contributed by atoms with Gasteiger partial charge in [-0.2, -0.15) is 0 Å². The number of imidazole rings is 1. The third-order valence-electron chi connectivity index (χ3n) is 2.77. The Kier molecular flexibility index (Phi) is 3.59. The molecule has 19 heavy (non-hydrogen) atoms. The van der Waals surface area contributed by atoms with Crippen molar-refractivity contribution in [2.45, 2.75) is 26.7 Å². The van der Waals surface area contributed by atoms with Crippen molar-refractivity contribution < 1.29 is 9.31 Å². The van der Waals surface area contributed by atoms with E-state index in [4.69, 9.17) is 0 Å². The highest BCUT2D eigenvalue weighted by Crippen LogP contribution is 2.25. The van der Waals surface area contributed by atoms with Crippen molar-refractivity contribution in [3.63, 3.8) is 0 Å². The average molecular weight is 263 g/mol. The van der Waals surface area contributed by atoms with Crippen LogP contribution in [-0.2, 0) is 6.42 Å². The van der Waals surface area contributed by atoms with E-state index in [9.17, 15) is 14.5 Å². The summed E-state index contributed by atoms with van der Waals surface area (Å²) < 4.78 is 15.0. The molecule has 0 saturated heterocycles. The molecule has 0 fully saturated rings. The van der Waals surface area contributed by atoms with Gasteiger partial charge in [-0.25, -0.2) is 9.37 Å². The maximum absolute atomic E-state index is 13.4. The van der Waals surface area contributed by atoms with Crippen molar-refractivity contribution in [1.29, 1.82) is 0 Å². The van der Waals surface area contributed by atoms with Crippen LogP contribution in [0.5, 0.6) is 0 Å². The van der Waals surface area contributed by atoms with Crippen molar-refractivity contribution in [1.82, 2.24) is 9.55 Å². The first kappa shape index (κ1) is 13.2. The lowest BCUT2D eigenvalue weighted by Gasteiger charge is -2.07. The van der Waals surface area contributed by atoms with Crippen LogP contribution in [0, 0.1) is 22.9 Å². The van der Waals surface area contributed by atoms with Crippen LogP contribution < -0.4 is 0 Å². The third-order valence-corrected chi connectivity index (χ3v) is 2.77. The summed E-state index contributed by atoms with van der Waals surface area (Å²) in [5.74, 6) is 0.197. The molecule has 0 saturated carbocycles. The van der Waals surface area contributed by atoms with Crippen molar-refractivity contribution in [2.24, 2.45) is 0 Å². The summed E-state index contributed by atoms with van der Waals surface area (Å²) in [6, 6.07) is 3.43. The highest BCUT2D eigenvalue weighted by atomic mass is 19.1. The Morgan fingerprint density at radius 2 is 2.21 bits per heavy atom. The molecule has 2 rings (SSSR count). The molecule has 0 spiro atoms. The highest BCUT2D eigenvalue weighted by molar-refractivity contribution is 5.53. The molecule has 1 aromatic carbocycles. The number of nitro benzene ring substituents is 1. The summed E-state index contributed by atoms with van der Waals surface area (Å²) >= 11 is 0. The summed E-state index contributed by atoms with van der Waals surface area (Å²) in [4.78, 5) is 14.8. The number of hydrogen-bond donors (Lipinski definition) is 0. The van der Waals surface area contributed by atoms with Crippen LogP contribution in [0.4, 0.5) is 10.1 Å². The average Bonchev–Trinajstić information content (AvgIpc) is 2.70. The highest BCUT2D eigenvalue weighted by Gasteiger charge is 2.18. The zero-order chi connectivity index (χ0) is 14.0. The van der Waals surface area contributed by atoms with E-state index in [2.05, 4.69) is 4.98 Å². The first-order valence-electron chi connectivity index (χ1n) is 6.02. The molecule has 0 aliphatic heterocycles. The minimum Gasteiger partial charge on any atom is -0.297 e. The summed E-state index contributed by atoms with van der Waals surface area (Å²) in [5.41, 5.74) is 0.840. The van der Waals surface area contributed by atoms with Gasteiger partial charge in [0.05, 0.1) is 10.6 Å². The van der Waals surface area contributed by atoms with Crippen LogP contribution in [-0.4, -0.2) is 14.5 Å². The van der Waals surface area contributed by atoms with Gasteiger partial charge in [0.1, 0.15) is 17.3 Å². The third kappa shape index (κ3) is 2.62. The molecule has 0 unspecified atom stereocenters. The quantitative estimate of drug-likeness (QED) is 0.628. The molecule has 5 nitrogen and oxygen atoms in total. The second-order valence-corrected chi connectivity index (χ2v) is 4.31. The summed E-state index contributed by atoms with van der Waals surface area (Å²) in [7, 11) is 0. The molecular weight excluding hydrogens is 249 g/mol. The van der Waals surface area contributed by atoms with Gasteiger partial charge in [0.15, 0.2) is 0 Å². The fraction of sp³-hybridized carbons (Fsp3) is 0.308. The van der Waals surface area contributed by atoms with E-state index in [1.54, 1.807) is 17.7 Å². The van der Waals surface area contributed by atoms with E-state index >= 15 is 0 Å². The molecule has 0 aliphatic rings. The maximum atomic E-state index is 13.4. The largest absolute Gasteiger partial charge is 0.297 e. The van der Waals surface area contributed by atoms with Crippen molar-refractivity contribution in [2.75, 3.05) is 0 Å². The lowest BCUT2D eigenvalue weighted by atomic mass is 10.2. The Morgan fingerprint density at radius 3 is 2.84 bits per heavy atom. The predicted octanol–water partition coefficient (Wildman–Crippen LogP) is 3.18. The van der Waals surface area contributed by atoms with E-state index in [-0.39, 0.29) is 11.4 Å². The number of rotatable bonds is 4. The van der Waals surface area contributed by atoms with Gasteiger partial charge in [-0.3, -0.25) is 14.7 Å². The Labute approximate surface area is 109 Å². The number of benzene rings is 1. The van der Waals surface area contributed by atoms with Gasteiger partial charge in [0, 0.05) is 24.8 Å². The van der Waals surface area contributed by atoms with Crippen LogP contribution in [0.1, 0.15) is 24.9 Å². The Bertz CT molecular complexity index is 622. The Hall–Kier alpha value is -2.24. The van der Waals surface area contributed by atoms with E-state index in [0.717, 1.165) is 18.2 Å². The Balaban J connectivity index is 2.63. The molecule has 6 heteroatoms. The van der Waals surface area contributed by atoms with Gasteiger partial charge in [0.2, 0.25) is 0 Å². The van der Waals surface area contributed by atoms with E-state index in [1.807, 2.05) is 6.92 Å². The SMILES string of the molecule is CCCc1nc(C)cn1-c1cc(F)ccc1[N+](=O)[O-]. The van der Waals surface area contributed by atoms with Gasteiger partial charge in [-0.05, 0) is 19.4 Å². The van der Waals surface area contributed by atoms with Crippen molar-refractivity contribution in [3.8, 4) is 5.69 Å². The molecule has 2 aromatic rings. The maximum Gasteiger partial charge on any atom is 0.293 e. The number of nitro groups is 1. The zero-order valence-corrected chi connectivity index (χ0v) is 10.8. The summed E-state index contributed by atoms with van der Waals surface area (Å²) in [5, 5.41) is 11.0. The summed E-state index contributed by atoms with van der Waals surface area (Å²) in [6.45, 7) is 3.80. The second-order valence-electron chi connectivity index (χ2n) is 4.31. The van der Waals surface area contributed by atoms with Crippen LogP contribution in [0.15, 0.2) is 24.4 Å². The minimum atomic E-state index is -0.514. The molecule has 0 amide bonds. The van der Waals surface area contributed by atoms with Crippen LogP contribution in [0.2, 0.25) is 0 Å². The first-order valence-corrected chi connectivity index (χ1v) is 6.02. The minimum absolute atomic E-state index is 0.129. The second kappa shape index (κ2) is 5.17. The van der Waals surface area contributed by atoms with Gasteiger partial charge in [0.25, 0.3) is 5.69 Å². The van der Waals surface area contributed by atoms with Gasteiger partial charge >= 0.3 is 0 Å². The molecule has 1 heterocycles. The van der Waals surface area contributed by atoms with Crippen LogP contribution >= 0.6 is 0 Å². The lowest BCUT2D eigenvalue weighted by Crippen LogP contribution is -2.04. The fourth-order valence-corrected chi connectivity index (χ4v) is 2.00. The number of halogens is 1. The zero-order valence-electron chi connectivity index (χ0n) is 10.8. The number of nitrogens with zero attached hydrogens (tertiary/aromatic N) is 3. The van der Waals surface area contributed by atoms with E-state index < -0.39 is 10.7 Å². The molecule has 100 valence electrons. The van der Waals surface area contributed by atoms with Gasteiger partial charge in [-0.1, -0.05) is 6.92 Å². The Morgan fingerprint density at radius 1 is 1.47 bits per heavy atom. The number of aromatic nitrogens is 2. The molecular formula is C13H14FN3O2. The normalized spacial score (nSPS) is 10.7. The van der Waals surface area contributed by atoms with Crippen LogP contribution in [0.25, 0.3) is 5.69 Å². The topological polar surface area (TPSA) is 61.0 Å². The molecule has 0 N–H and O–H groups in total. The standard InChI is InChI=1S/C13H14FN3O2/c1-3-4-13-15-9(2)8-16(13)12-7-10(14)5-6-11(12)17(18)19/h5-8H,3-4H2,1-2H3. The molecule has 1 aromatic heterocycles. The molecule has 0 aliphatic carbocycles. The van der Waals surface area contributed by atoms with Crippen molar-refractivity contribution >= 4 is 5.69 Å². The molecule has 0 bridgehead atoms. The first-order chi connectivity index (χ1) is 9.02. The van der Waals surface area contributed by atoms with Crippen molar-refractivity contribution in [3.05, 3.63) is 51.8 Å². The van der Waals surface area contributed by atoms with E-state index in [0.29, 0.717) is 12.2 Å². The van der Waals surface area contributed by atoms with Gasteiger partial charge < -0.3 is 0 Å². The molecule has 0 radical (unpaired) electrons. The molecule has 0 atom stereocenters. The lowest BCUT2D eigenvalue weighted by molar-refractivity contribution is -0.384. The summed E-state index contributed by atoms with van der Waals surface area (Å²) in [6.07, 6.45) is 3.23. The van der Waals surface area contributed by atoms with E-state index in [1.165, 1.54) is 12.1 Å². The fourth-order valence-electron chi connectivity index (χ4n) is 2.00.